The van der Waals surface area contributed by atoms with Gasteiger partial charge in [-0.1, -0.05) is 0 Å². The number of aromatic nitrogens is 4. The summed E-state index contributed by atoms with van der Waals surface area (Å²) in [4.78, 5) is 69.8. The number of carboxylic acid groups (broad SMARTS) is 3. The Morgan fingerprint density at radius 2 is 1.68 bits per heavy atom. The Labute approximate surface area is 207 Å². The van der Waals surface area contributed by atoms with Gasteiger partial charge in [0.25, 0.3) is 11.5 Å². The zero-order valence-electron chi connectivity index (χ0n) is 19.2. The molecule has 3 aromatic rings. The number of amides is 1. The van der Waals surface area contributed by atoms with E-state index < -0.39 is 35.4 Å². The number of hydrogen-bond acceptors (Lipinski definition) is 11. The molecule has 0 radical (unpaired) electrons. The fourth-order valence-electron chi connectivity index (χ4n) is 2.75. The number of nitrogens with zero attached hydrogens (tertiary/aromatic N) is 3. The number of nitrogens with one attached hydrogen (secondary N) is 3. The summed E-state index contributed by atoms with van der Waals surface area (Å²) < 4.78 is 0. The van der Waals surface area contributed by atoms with Crippen LogP contribution in [-0.4, -0.2) is 71.7 Å². The van der Waals surface area contributed by atoms with Crippen molar-refractivity contribution in [2.24, 2.45) is 5.73 Å². The second-order valence-electron chi connectivity index (χ2n) is 7.31. The summed E-state index contributed by atoms with van der Waals surface area (Å²) in [6, 6.07) is 4.86. The van der Waals surface area contributed by atoms with Crippen LogP contribution in [0.3, 0.4) is 0 Å². The van der Waals surface area contributed by atoms with E-state index in [2.05, 4.69) is 36.3 Å². The highest BCUT2D eigenvalue weighted by Gasteiger charge is 2.21. The minimum Gasteiger partial charge on any atom is -0.481 e. The first-order valence-electron chi connectivity index (χ1n) is 10.5. The lowest BCUT2D eigenvalue weighted by Gasteiger charge is -2.14. The maximum atomic E-state index is 12.3. The fourth-order valence-corrected chi connectivity index (χ4v) is 2.75. The first-order chi connectivity index (χ1) is 17.5. The number of aliphatic carboxylic acids is 3. The van der Waals surface area contributed by atoms with Crippen LogP contribution in [0.4, 0.5) is 11.6 Å². The molecule has 37 heavy (non-hydrogen) atoms. The highest BCUT2D eigenvalue weighted by Crippen LogP contribution is 2.12. The smallest absolute Gasteiger partial charge is 0.326 e. The van der Waals surface area contributed by atoms with Crippen LogP contribution in [0.1, 0.15) is 28.9 Å². The third-order valence-corrected chi connectivity index (χ3v) is 4.53. The van der Waals surface area contributed by atoms with Crippen LogP contribution < -0.4 is 27.7 Å². The first-order valence-corrected chi connectivity index (χ1v) is 10.5. The number of nitrogen functional groups attached to an aromatic ring is 1. The lowest BCUT2D eigenvalue weighted by atomic mass is 10.1. The molecule has 0 saturated heterocycles. The van der Waals surface area contributed by atoms with Crippen LogP contribution in [0.5, 0.6) is 0 Å². The molecule has 196 valence electrons. The van der Waals surface area contributed by atoms with Crippen LogP contribution >= 0.6 is 0 Å². The zero-order valence-corrected chi connectivity index (χ0v) is 19.2. The monoisotopic (exact) mass is 516 g/mol. The highest BCUT2D eigenvalue weighted by atomic mass is 16.4. The SMILES string of the molecule is NCC(=O)O.Nc1nc2ncc(CNc3ccc(C(=O)NC(CCC(=O)O)C(=O)O)cc3)nc2c(=O)[nH]1. The van der Waals surface area contributed by atoms with Crippen molar-refractivity contribution in [2.45, 2.75) is 25.4 Å². The van der Waals surface area contributed by atoms with E-state index in [1.54, 1.807) is 12.1 Å². The van der Waals surface area contributed by atoms with Gasteiger partial charge in [0.15, 0.2) is 11.2 Å². The molecule has 1 aromatic carbocycles. The molecule has 1 amide bonds. The Hall–Kier alpha value is -5.12. The number of anilines is 2. The molecule has 0 aliphatic heterocycles. The molecule has 16 nitrogen and oxygen atoms in total. The fraction of sp³-hybridized carbons (Fsp3) is 0.238. The number of nitrogens with two attached hydrogens (primary N) is 2. The minimum atomic E-state index is -1.31. The summed E-state index contributed by atoms with van der Waals surface area (Å²) in [6.07, 6.45) is 0.840. The number of aromatic amines is 1. The quantitative estimate of drug-likeness (QED) is 0.160. The second-order valence-corrected chi connectivity index (χ2v) is 7.31. The van der Waals surface area contributed by atoms with Crippen LogP contribution in [0.2, 0.25) is 0 Å². The largest absolute Gasteiger partial charge is 0.481 e. The number of rotatable bonds is 10. The van der Waals surface area contributed by atoms with E-state index in [4.69, 9.17) is 21.1 Å². The van der Waals surface area contributed by atoms with Gasteiger partial charge in [-0.2, -0.15) is 4.98 Å². The zero-order chi connectivity index (χ0) is 27.5. The van der Waals surface area contributed by atoms with Crippen molar-refractivity contribution < 1.29 is 34.5 Å². The van der Waals surface area contributed by atoms with E-state index in [9.17, 15) is 24.0 Å². The summed E-state index contributed by atoms with van der Waals surface area (Å²) >= 11 is 0. The number of benzene rings is 1. The number of carbonyl (C=O) groups excluding carboxylic acids is 1. The third-order valence-electron chi connectivity index (χ3n) is 4.53. The number of hydrogen-bond donors (Lipinski definition) is 8. The summed E-state index contributed by atoms with van der Waals surface area (Å²) in [5.41, 5.74) is 11.0. The van der Waals surface area contributed by atoms with Crippen molar-refractivity contribution in [1.82, 2.24) is 25.3 Å². The molecule has 0 saturated carbocycles. The van der Waals surface area contributed by atoms with Crippen molar-refractivity contribution in [3.05, 3.63) is 52.1 Å². The van der Waals surface area contributed by atoms with E-state index in [0.717, 1.165) is 0 Å². The number of carboxylic acids is 3. The van der Waals surface area contributed by atoms with E-state index in [1.807, 2.05) is 0 Å². The van der Waals surface area contributed by atoms with Gasteiger partial charge in [-0.05, 0) is 30.7 Å². The normalized spacial score (nSPS) is 11.1. The Kier molecular flexibility index (Phi) is 9.95. The molecule has 0 aliphatic rings. The van der Waals surface area contributed by atoms with Crippen molar-refractivity contribution in [1.29, 1.82) is 0 Å². The summed E-state index contributed by atoms with van der Waals surface area (Å²) in [5, 5.41) is 30.8. The third kappa shape index (κ3) is 8.87. The van der Waals surface area contributed by atoms with Crippen molar-refractivity contribution in [3.63, 3.8) is 0 Å². The number of fused-ring (bicyclic) bond motifs is 1. The van der Waals surface area contributed by atoms with Crippen LogP contribution in [-0.2, 0) is 20.9 Å². The van der Waals surface area contributed by atoms with Gasteiger partial charge >= 0.3 is 17.9 Å². The first kappa shape index (κ1) is 28.1. The molecule has 10 N–H and O–H groups in total. The average molecular weight is 516 g/mol. The molecule has 0 spiro atoms. The topological polar surface area (TPSA) is 277 Å². The highest BCUT2D eigenvalue weighted by molar-refractivity contribution is 5.96. The minimum absolute atomic E-state index is 0.0524. The Morgan fingerprint density at radius 3 is 2.24 bits per heavy atom. The molecular weight excluding hydrogens is 492 g/mol. The van der Waals surface area contributed by atoms with Crippen LogP contribution in [0, 0.1) is 0 Å². The number of H-pyrrole nitrogens is 1. The van der Waals surface area contributed by atoms with Crippen molar-refractivity contribution in [3.8, 4) is 0 Å². The maximum absolute atomic E-state index is 12.3. The van der Waals surface area contributed by atoms with E-state index in [0.29, 0.717) is 11.4 Å². The molecule has 1 unspecified atom stereocenters. The van der Waals surface area contributed by atoms with Crippen molar-refractivity contribution in [2.75, 3.05) is 17.6 Å². The number of carbonyl (C=O) groups is 4. The van der Waals surface area contributed by atoms with Gasteiger partial charge in [0.05, 0.1) is 25.0 Å². The van der Waals surface area contributed by atoms with Gasteiger partial charge in [0, 0.05) is 17.7 Å². The molecule has 0 fully saturated rings. The lowest BCUT2D eigenvalue weighted by Crippen LogP contribution is -2.41. The molecule has 2 aromatic heterocycles. The standard InChI is InChI=1S/C19H19N7O6.C2H5NO2/c20-19-25-15-14(17(30)26-19)23-11(8-22-15)7-21-10-3-1-9(2-4-10)16(29)24-12(18(31)32)5-6-13(27)28;3-1-2(4)5/h1-4,8,12,21H,5-7H2,(H,24,29)(H,27,28)(H,31,32)(H3,20,22,25,26,30);1,3H2,(H,4,5). The van der Waals surface area contributed by atoms with Gasteiger partial charge < -0.3 is 37.4 Å². The van der Waals surface area contributed by atoms with Crippen LogP contribution in [0.15, 0.2) is 35.3 Å². The molecule has 3 rings (SSSR count). The van der Waals surface area contributed by atoms with Gasteiger partial charge in [-0.15, -0.1) is 0 Å². The van der Waals surface area contributed by atoms with E-state index in [-0.39, 0.29) is 48.6 Å². The predicted octanol–water partition coefficient (Wildman–Crippen LogP) is -1.02. The molecular formula is C21H24N8O8. The van der Waals surface area contributed by atoms with E-state index in [1.165, 1.54) is 18.3 Å². The van der Waals surface area contributed by atoms with Gasteiger partial charge in [-0.25, -0.2) is 14.8 Å². The van der Waals surface area contributed by atoms with E-state index >= 15 is 0 Å². The van der Waals surface area contributed by atoms with Crippen LogP contribution in [0.25, 0.3) is 11.2 Å². The molecule has 0 aliphatic carbocycles. The van der Waals surface area contributed by atoms with Gasteiger partial charge in [0.1, 0.15) is 6.04 Å². The summed E-state index contributed by atoms with van der Waals surface area (Å²) in [7, 11) is 0. The molecule has 1 atom stereocenters. The Bertz CT molecular complexity index is 1340. The average Bonchev–Trinajstić information content (AvgIpc) is 2.85. The molecule has 0 bridgehead atoms. The van der Waals surface area contributed by atoms with Crippen molar-refractivity contribution >= 4 is 46.6 Å². The maximum Gasteiger partial charge on any atom is 0.326 e. The molecule has 16 heteroatoms. The Balaban J connectivity index is 0.000000877. The van der Waals surface area contributed by atoms with Gasteiger partial charge in [0.2, 0.25) is 5.95 Å². The van der Waals surface area contributed by atoms with Gasteiger partial charge in [-0.3, -0.25) is 24.2 Å². The lowest BCUT2D eigenvalue weighted by molar-refractivity contribution is -0.140. The Morgan fingerprint density at radius 1 is 1.03 bits per heavy atom. The summed E-state index contributed by atoms with van der Waals surface area (Å²) in [5.74, 6) is -4.12. The second kappa shape index (κ2) is 13.1. The molecule has 2 heterocycles. The predicted molar refractivity (Wildman–Crippen MR) is 129 cm³/mol. The summed E-state index contributed by atoms with van der Waals surface area (Å²) in [6.45, 7) is -0.0470.